The van der Waals surface area contributed by atoms with Crippen LogP contribution in [-0.4, -0.2) is 7.11 Å². The number of nitrogens with two attached hydrogens (primary N) is 1. The zero-order valence-corrected chi connectivity index (χ0v) is 12.7. The van der Waals surface area contributed by atoms with Crippen LogP contribution in [0.5, 0.6) is 5.75 Å². The fourth-order valence-corrected chi connectivity index (χ4v) is 3.40. The quantitative estimate of drug-likeness (QED) is 0.670. The predicted octanol–water partition coefficient (Wildman–Crippen LogP) is 3.58. The summed E-state index contributed by atoms with van der Waals surface area (Å²) in [6.07, 6.45) is 0. The second kappa shape index (κ2) is 5.92. The van der Waals surface area contributed by atoms with E-state index in [1.165, 1.54) is 0 Å². The van der Waals surface area contributed by atoms with E-state index in [0.29, 0.717) is 0 Å². The molecular weight excluding hydrogens is 280 g/mol. The van der Waals surface area contributed by atoms with Gasteiger partial charge in [0.1, 0.15) is 5.75 Å². The molecule has 0 amide bonds. The Labute approximate surface area is 122 Å². The molecule has 0 spiro atoms. The monoisotopic (exact) mass is 296 g/mol. The molecule has 0 bridgehead atoms. The Bertz CT molecular complexity index is 583. The largest absolute Gasteiger partial charge is 0.496 e. The van der Waals surface area contributed by atoms with Gasteiger partial charge in [0.25, 0.3) is 0 Å². The van der Waals surface area contributed by atoms with Crippen LogP contribution in [0.3, 0.4) is 0 Å². The summed E-state index contributed by atoms with van der Waals surface area (Å²) in [6, 6.07) is 5.90. The number of hydrogen-bond donors (Lipinski definition) is 2. The summed E-state index contributed by atoms with van der Waals surface area (Å²) in [5, 5.41) is 2.70. The number of benzene rings is 1. The summed E-state index contributed by atoms with van der Waals surface area (Å²) >= 11 is 7.80. The number of hydrogen-bond acceptors (Lipinski definition) is 4. The number of aryl methyl sites for hydroxylation is 2. The molecule has 1 aromatic carbocycles. The van der Waals surface area contributed by atoms with Crippen molar-refractivity contribution >= 4 is 22.9 Å². The van der Waals surface area contributed by atoms with E-state index in [9.17, 15) is 0 Å². The van der Waals surface area contributed by atoms with Crippen molar-refractivity contribution in [3.05, 3.63) is 50.2 Å². The number of thiophene rings is 1. The maximum atomic E-state index is 6.20. The molecule has 102 valence electrons. The molecule has 0 saturated carbocycles. The lowest BCUT2D eigenvalue weighted by Crippen LogP contribution is -2.29. The van der Waals surface area contributed by atoms with Crippen LogP contribution in [0.1, 0.15) is 27.6 Å². The van der Waals surface area contributed by atoms with Gasteiger partial charge in [-0.1, -0.05) is 17.7 Å². The van der Waals surface area contributed by atoms with Crippen LogP contribution in [0, 0.1) is 13.8 Å². The highest BCUT2D eigenvalue weighted by Crippen LogP contribution is 2.35. The van der Waals surface area contributed by atoms with Gasteiger partial charge in [-0.3, -0.25) is 5.84 Å². The Balaban J connectivity index is 2.50. The number of methoxy groups -OCH3 is 1. The zero-order valence-electron chi connectivity index (χ0n) is 11.2. The average Bonchev–Trinajstić information content (AvgIpc) is 2.80. The normalized spacial score (nSPS) is 12.5. The highest BCUT2D eigenvalue weighted by molar-refractivity contribution is 7.10. The second-order valence-corrected chi connectivity index (χ2v) is 5.77. The molecule has 2 aromatic rings. The van der Waals surface area contributed by atoms with Gasteiger partial charge in [0, 0.05) is 4.88 Å². The molecule has 0 aliphatic heterocycles. The van der Waals surface area contributed by atoms with Crippen LogP contribution >= 0.6 is 22.9 Å². The molecule has 0 aliphatic rings. The van der Waals surface area contributed by atoms with E-state index < -0.39 is 0 Å². The van der Waals surface area contributed by atoms with E-state index in [4.69, 9.17) is 22.2 Å². The van der Waals surface area contributed by atoms with E-state index in [-0.39, 0.29) is 6.04 Å². The third-order valence-electron chi connectivity index (χ3n) is 3.17. The molecule has 1 heterocycles. The summed E-state index contributed by atoms with van der Waals surface area (Å²) in [4.78, 5) is 1.02. The lowest BCUT2D eigenvalue weighted by Gasteiger charge is -2.20. The van der Waals surface area contributed by atoms with Gasteiger partial charge in [0.15, 0.2) is 0 Å². The van der Waals surface area contributed by atoms with Gasteiger partial charge in [-0.25, -0.2) is 5.43 Å². The molecule has 19 heavy (non-hydrogen) atoms. The van der Waals surface area contributed by atoms with E-state index in [2.05, 4.69) is 11.5 Å². The molecule has 3 nitrogen and oxygen atoms in total. The highest BCUT2D eigenvalue weighted by atomic mass is 35.5. The molecule has 0 aliphatic carbocycles. The Kier molecular flexibility index (Phi) is 4.47. The van der Waals surface area contributed by atoms with E-state index in [1.807, 2.05) is 31.4 Å². The summed E-state index contributed by atoms with van der Waals surface area (Å²) in [7, 11) is 1.68. The number of nitrogens with one attached hydrogen (secondary N) is 1. The fraction of sp³-hybridized carbons (Fsp3) is 0.286. The van der Waals surface area contributed by atoms with Crippen LogP contribution in [0.2, 0.25) is 5.02 Å². The lowest BCUT2D eigenvalue weighted by molar-refractivity contribution is 0.411. The van der Waals surface area contributed by atoms with Crippen molar-refractivity contribution in [2.75, 3.05) is 7.11 Å². The number of rotatable bonds is 4. The van der Waals surface area contributed by atoms with Crippen molar-refractivity contribution in [3.63, 3.8) is 0 Å². The molecule has 3 N–H and O–H groups in total. The van der Waals surface area contributed by atoms with Gasteiger partial charge in [0.05, 0.1) is 18.2 Å². The van der Waals surface area contributed by atoms with Crippen LogP contribution in [0.25, 0.3) is 0 Å². The van der Waals surface area contributed by atoms with Gasteiger partial charge < -0.3 is 4.74 Å². The standard InChI is InChI=1S/C14H17ClN2OS/c1-8-7-12(18-3)9(2)6-10(8)13(17-16)14-11(15)4-5-19-14/h4-7,13,17H,16H2,1-3H3. The second-order valence-electron chi connectivity index (χ2n) is 4.41. The van der Waals surface area contributed by atoms with Gasteiger partial charge in [-0.2, -0.15) is 0 Å². The highest BCUT2D eigenvalue weighted by Gasteiger charge is 2.20. The summed E-state index contributed by atoms with van der Waals surface area (Å²) in [5.41, 5.74) is 6.17. The third-order valence-corrected chi connectivity index (χ3v) is 4.59. The third kappa shape index (κ3) is 2.77. The lowest BCUT2D eigenvalue weighted by atomic mass is 9.97. The van der Waals surface area contributed by atoms with Crippen molar-refractivity contribution in [2.45, 2.75) is 19.9 Å². The van der Waals surface area contributed by atoms with E-state index in [0.717, 1.165) is 32.3 Å². The van der Waals surface area contributed by atoms with Gasteiger partial charge in [-0.15, -0.1) is 11.3 Å². The Hall–Kier alpha value is -1.07. The van der Waals surface area contributed by atoms with Gasteiger partial charge >= 0.3 is 0 Å². The van der Waals surface area contributed by atoms with Crippen LogP contribution in [-0.2, 0) is 0 Å². The summed E-state index contributed by atoms with van der Waals surface area (Å²) in [6.45, 7) is 4.06. The van der Waals surface area contributed by atoms with Crippen molar-refractivity contribution in [3.8, 4) is 5.75 Å². The van der Waals surface area contributed by atoms with Crippen molar-refractivity contribution in [1.29, 1.82) is 0 Å². The first-order chi connectivity index (χ1) is 9.08. The zero-order chi connectivity index (χ0) is 14.0. The number of ether oxygens (including phenoxy) is 1. The van der Waals surface area contributed by atoms with Crippen LogP contribution in [0.15, 0.2) is 23.6 Å². The Morgan fingerprint density at radius 3 is 2.58 bits per heavy atom. The van der Waals surface area contributed by atoms with Crippen molar-refractivity contribution in [2.24, 2.45) is 5.84 Å². The molecule has 2 rings (SSSR count). The minimum Gasteiger partial charge on any atom is -0.496 e. The van der Waals surface area contributed by atoms with Crippen molar-refractivity contribution in [1.82, 2.24) is 5.43 Å². The van der Waals surface area contributed by atoms with E-state index >= 15 is 0 Å². The molecule has 0 radical (unpaired) electrons. The molecule has 1 atom stereocenters. The first-order valence-electron chi connectivity index (χ1n) is 5.92. The topological polar surface area (TPSA) is 47.3 Å². The molecule has 1 aromatic heterocycles. The summed E-state index contributed by atoms with van der Waals surface area (Å²) < 4.78 is 5.33. The molecule has 1 unspecified atom stereocenters. The average molecular weight is 297 g/mol. The molecule has 0 saturated heterocycles. The number of hydrazine groups is 1. The Morgan fingerprint density at radius 2 is 2.05 bits per heavy atom. The fourth-order valence-electron chi connectivity index (χ4n) is 2.16. The first-order valence-corrected chi connectivity index (χ1v) is 7.18. The first kappa shape index (κ1) is 14.3. The molecular formula is C14H17ClN2OS. The van der Waals surface area contributed by atoms with Crippen LogP contribution in [0.4, 0.5) is 0 Å². The maximum Gasteiger partial charge on any atom is 0.122 e. The minimum atomic E-state index is -0.0999. The SMILES string of the molecule is COc1cc(C)c(C(NN)c2sccc2Cl)cc1C. The maximum absolute atomic E-state index is 6.20. The summed E-state index contributed by atoms with van der Waals surface area (Å²) in [5.74, 6) is 6.60. The minimum absolute atomic E-state index is 0.0999. The smallest absolute Gasteiger partial charge is 0.122 e. The van der Waals surface area contributed by atoms with Gasteiger partial charge in [0.2, 0.25) is 0 Å². The van der Waals surface area contributed by atoms with Crippen LogP contribution < -0.4 is 16.0 Å². The predicted molar refractivity (Wildman–Crippen MR) is 81.0 cm³/mol. The number of halogens is 1. The van der Waals surface area contributed by atoms with E-state index in [1.54, 1.807) is 18.4 Å². The molecule has 0 fully saturated rings. The molecule has 5 heteroatoms. The van der Waals surface area contributed by atoms with Crippen molar-refractivity contribution < 1.29 is 4.74 Å². The van der Waals surface area contributed by atoms with Gasteiger partial charge in [-0.05, 0) is 48.1 Å². The Morgan fingerprint density at radius 1 is 1.32 bits per heavy atom.